The number of rotatable bonds is 4. The van der Waals surface area contributed by atoms with Crippen LogP contribution >= 0.6 is 0 Å². The molecule has 0 atom stereocenters. The number of nitrogens with one attached hydrogen (secondary N) is 1. The predicted octanol–water partition coefficient (Wildman–Crippen LogP) is 1.24. The molecule has 122 valence electrons. The van der Waals surface area contributed by atoms with E-state index in [9.17, 15) is 4.79 Å². The summed E-state index contributed by atoms with van der Waals surface area (Å²) in [5.41, 5.74) is 2.66. The van der Waals surface area contributed by atoms with Gasteiger partial charge in [-0.2, -0.15) is 0 Å². The van der Waals surface area contributed by atoms with Gasteiger partial charge in [-0.3, -0.25) is 4.79 Å². The van der Waals surface area contributed by atoms with Crippen molar-refractivity contribution in [1.29, 1.82) is 0 Å². The highest BCUT2D eigenvalue weighted by Crippen LogP contribution is 2.21. The van der Waals surface area contributed by atoms with Gasteiger partial charge in [0.25, 0.3) is 0 Å². The summed E-state index contributed by atoms with van der Waals surface area (Å²) in [4.78, 5) is 32.0. The Kier molecular flexibility index (Phi) is 3.82. The molecule has 0 unspecified atom stereocenters. The number of aromatic amines is 1. The van der Waals surface area contributed by atoms with Gasteiger partial charge in [-0.25, -0.2) is 15.0 Å². The third kappa shape index (κ3) is 2.80. The standard InChI is InChI=1S/C17H18N6O/c24-14-10-23(17-15-16(19-11-18-15)20-12-21-17)9-8-22(14)7-6-13-4-2-1-3-5-13/h1-5,11-12H,6-10H2,(H,18,19,20,21). The maximum atomic E-state index is 12.5. The first-order valence-corrected chi connectivity index (χ1v) is 8.02. The molecule has 0 radical (unpaired) electrons. The van der Waals surface area contributed by atoms with Crippen LogP contribution in [0.1, 0.15) is 5.56 Å². The molecule has 1 saturated heterocycles. The van der Waals surface area contributed by atoms with Crippen LogP contribution in [0, 0.1) is 0 Å². The Hall–Kier alpha value is -2.96. The fourth-order valence-corrected chi connectivity index (χ4v) is 3.03. The van der Waals surface area contributed by atoms with E-state index in [1.54, 1.807) is 6.33 Å². The van der Waals surface area contributed by atoms with Crippen molar-refractivity contribution in [2.24, 2.45) is 0 Å². The van der Waals surface area contributed by atoms with Crippen LogP contribution in [0.25, 0.3) is 11.2 Å². The third-order valence-corrected chi connectivity index (χ3v) is 4.33. The first kappa shape index (κ1) is 14.6. The van der Waals surface area contributed by atoms with Gasteiger partial charge in [0, 0.05) is 19.6 Å². The van der Waals surface area contributed by atoms with Gasteiger partial charge in [0.1, 0.15) is 11.8 Å². The lowest BCUT2D eigenvalue weighted by molar-refractivity contribution is -0.130. The number of hydrogen-bond donors (Lipinski definition) is 1. The molecule has 3 heterocycles. The lowest BCUT2D eigenvalue weighted by Gasteiger charge is -2.35. The first-order valence-electron chi connectivity index (χ1n) is 8.02. The lowest BCUT2D eigenvalue weighted by atomic mass is 10.1. The summed E-state index contributed by atoms with van der Waals surface area (Å²) in [6.45, 7) is 2.54. The zero-order valence-electron chi connectivity index (χ0n) is 13.2. The molecule has 0 spiro atoms. The molecular formula is C17H18N6O. The number of benzene rings is 1. The number of carbonyl (C=O) groups is 1. The number of H-pyrrole nitrogens is 1. The van der Waals surface area contributed by atoms with Crippen molar-refractivity contribution in [3.63, 3.8) is 0 Å². The van der Waals surface area contributed by atoms with E-state index in [-0.39, 0.29) is 5.91 Å². The zero-order chi connectivity index (χ0) is 16.4. The Morgan fingerprint density at radius 3 is 2.79 bits per heavy atom. The van der Waals surface area contributed by atoms with Crippen LogP contribution in [-0.2, 0) is 11.2 Å². The molecule has 0 aliphatic carbocycles. The van der Waals surface area contributed by atoms with Gasteiger partial charge in [-0.15, -0.1) is 0 Å². The number of aromatic nitrogens is 4. The predicted molar refractivity (Wildman–Crippen MR) is 90.6 cm³/mol. The van der Waals surface area contributed by atoms with Crippen LogP contribution in [0.3, 0.4) is 0 Å². The summed E-state index contributed by atoms with van der Waals surface area (Å²) in [5, 5.41) is 0. The van der Waals surface area contributed by atoms with E-state index in [2.05, 4.69) is 32.1 Å². The van der Waals surface area contributed by atoms with E-state index < -0.39 is 0 Å². The van der Waals surface area contributed by atoms with Crippen molar-refractivity contribution in [3.8, 4) is 0 Å². The topological polar surface area (TPSA) is 78.0 Å². The van der Waals surface area contributed by atoms with Gasteiger partial charge in [0.2, 0.25) is 5.91 Å². The molecule has 7 heteroatoms. The number of carbonyl (C=O) groups excluding carboxylic acids is 1. The van der Waals surface area contributed by atoms with E-state index in [0.717, 1.165) is 30.8 Å². The van der Waals surface area contributed by atoms with Crippen molar-refractivity contribution in [2.75, 3.05) is 31.1 Å². The molecule has 1 aliphatic rings. The Morgan fingerprint density at radius 2 is 1.96 bits per heavy atom. The smallest absolute Gasteiger partial charge is 0.242 e. The number of fused-ring (bicyclic) bond motifs is 1. The van der Waals surface area contributed by atoms with Crippen molar-refractivity contribution in [1.82, 2.24) is 24.8 Å². The molecule has 4 rings (SSSR count). The second kappa shape index (κ2) is 6.27. The van der Waals surface area contributed by atoms with Crippen LogP contribution in [0.2, 0.25) is 0 Å². The highest BCUT2D eigenvalue weighted by atomic mass is 16.2. The van der Waals surface area contributed by atoms with E-state index in [1.807, 2.05) is 28.0 Å². The van der Waals surface area contributed by atoms with E-state index in [0.29, 0.717) is 18.7 Å². The van der Waals surface area contributed by atoms with Gasteiger partial charge in [0.05, 0.1) is 12.9 Å². The number of hydrogen-bond acceptors (Lipinski definition) is 5. The maximum Gasteiger partial charge on any atom is 0.242 e. The van der Waals surface area contributed by atoms with Crippen LogP contribution in [0.4, 0.5) is 5.82 Å². The SMILES string of the molecule is O=C1CN(c2ncnc3nc[nH]c23)CCN1CCc1ccccc1. The molecule has 2 aromatic heterocycles. The van der Waals surface area contributed by atoms with Gasteiger partial charge in [-0.1, -0.05) is 30.3 Å². The minimum Gasteiger partial charge on any atom is -0.344 e. The summed E-state index contributed by atoms with van der Waals surface area (Å²) in [7, 11) is 0. The lowest BCUT2D eigenvalue weighted by Crippen LogP contribution is -2.51. The van der Waals surface area contributed by atoms with Crippen LogP contribution < -0.4 is 4.90 Å². The number of amides is 1. The molecule has 7 nitrogen and oxygen atoms in total. The van der Waals surface area contributed by atoms with Gasteiger partial charge in [-0.05, 0) is 12.0 Å². The minimum absolute atomic E-state index is 0.128. The molecule has 1 amide bonds. The van der Waals surface area contributed by atoms with E-state index >= 15 is 0 Å². The fourth-order valence-electron chi connectivity index (χ4n) is 3.03. The van der Waals surface area contributed by atoms with Gasteiger partial charge >= 0.3 is 0 Å². The normalized spacial score (nSPS) is 15.2. The second-order valence-corrected chi connectivity index (χ2v) is 5.84. The van der Waals surface area contributed by atoms with Crippen molar-refractivity contribution < 1.29 is 4.79 Å². The number of imidazole rings is 1. The molecule has 1 fully saturated rings. The quantitative estimate of drug-likeness (QED) is 0.782. The average molecular weight is 322 g/mol. The zero-order valence-corrected chi connectivity index (χ0v) is 13.2. The molecule has 1 aromatic carbocycles. The van der Waals surface area contributed by atoms with Crippen LogP contribution in [0.5, 0.6) is 0 Å². The molecule has 1 aliphatic heterocycles. The molecular weight excluding hydrogens is 304 g/mol. The van der Waals surface area contributed by atoms with E-state index in [4.69, 9.17) is 0 Å². The Morgan fingerprint density at radius 1 is 1.08 bits per heavy atom. The average Bonchev–Trinajstić information content (AvgIpc) is 3.10. The summed E-state index contributed by atoms with van der Waals surface area (Å²) in [6, 6.07) is 10.2. The van der Waals surface area contributed by atoms with Crippen molar-refractivity contribution in [2.45, 2.75) is 6.42 Å². The fraction of sp³-hybridized carbons (Fsp3) is 0.294. The summed E-state index contributed by atoms with van der Waals surface area (Å²) in [5.74, 6) is 0.872. The van der Waals surface area contributed by atoms with Gasteiger partial charge in [0.15, 0.2) is 11.5 Å². The first-order chi connectivity index (χ1) is 11.8. The molecule has 24 heavy (non-hydrogen) atoms. The van der Waals surface area contributed by atoms with Crippen LogP contribution in [0.15, 0.2) is 43.0 Å². The largest absolute Gasteiger partial charge is 0.344 e. The highest BCUT2D eigenvalue weighted by Gasteiger charge is 2.26. The Bertz CT molecular complexity index is 846. The summed E-state index contributed by atoms with van der Waals surface area (Å²) in [6.07, 6.45) is 3.97. The van der Waals surface area contributed by atoms with Crippen molar-refractivity contribution in [3.05, 3.63) is 48.5 Å². The molecule has 1 N–H and O–H groups in total. The van der Waals surface area contributed by atoms with Crippen LogP contribution in [-0.4, -0.2) is 56.9 Å². The highest BCUT2D eigenvalue weighted by molar-refractivity contribution is 5.88. The summed E-state index contributed by atoms with van der Waals surface area (Å²) >= 11 is 0. The number of anilines is 1. The molecule has 0 saturated carbocycles. The Balaban J connectivity index is 1.43. The number of piperazine rings is 1. The summed E-state index contributed by atoms with van der Waals surface area (Å²) < 4.78 is 0. The Labute approximate surface area is 139 Å². The monoisotopic (exact) mass is 322 g/mol. The second-order valence-electron chi connectivity index (χ2n) is 5.84. The molecule has 3 aromatic rings. The third-order valence-electron chi connectivity index (χ3n) is 4.33. The van der Waals surface area contributed by atoms with Gasteiger partial charge < -0.3 is 14.8 Å². The number of nitrogens with zero attached hydrogens (tertiary/aromatic N) is 5. The van der Waals surface area contributed by atoms with E-state index in [1.165, 1.54) is 11.9 Å². The molecule has 0 bridgehead atoms. The maximum absolute atomic E-state index is 12.5. The van der Waals surface area contributed by atoms with Crippen molar-refractivity contribution >= 4 is 22.9 Å². The minimum atomic E-state index is 0.128.